The van der Waals surface area contributed by atoms with E-state index >= 15 is 0 Å². The number of carbonyl (C=O) groups is 1. The largest absolute Gasteiger partial charge is 0.359 e. The second-order valence-corrected chi connectivity index (χ2v) is 4.33. The zero-order valence-electron chi connectivity index (χ0n) is 10.9. The number of ketones is 1. The summed E-state index contributed by atoms with van der Waals surface area (Å²) in [5, 5.41) is 2.92. The smallest absolute Gasteiger partial charge is 0.187 e. The first-order chi connectivity index (χ1) is 9.54. The van der Waals surface area contributed by atoms with Crippen molar-refractivity contribution in [2.24, 2.45) is 0 Å². The summed E-state index contributed by atoms with van der Waals surface area (Å²) in [6.45, 7) is 1.70. The predicted octanol–water partition coefficient (Wildman–Crippen LogP) is 4.16. The molecule has 0 aliphatic rings. The zero-order chi connectivity index (χ0) is 14.5. The van der Waals surface area contributed by atoms with Gasteiger partial charge in [0.15, 0.2) is 5.78 Å². The molecule has 4 heteroatoms. The van der Waals surface area contributed by atoms with Crippen molar-refractivity contribution in [2.75, 3.05) is 5.32 Å². The Kier molecular flexibility index (Phi) is 4.25. The van der Waals surface area contributed by atoms with Gasteiger partial charge in [-0.25, -0.2) is 8.78 Å². The SMILES string of the molecule is CC(=CC(=O)c1ccc(F)cc1)Nc1cccc(F)c1. The molecule has 0 unspecified atom stereocenters. The van der Waals surface area contributed by atoms with Gasteiger partial charge in [-0.1, -0.05) is 6.07 Å². The van der Waals surface area contributed by atoms with Crippen molar-refractivity contribution in [3.05, 3.63) is 77.5 Å². The highest BCUT2D eigenvalue weighted by Gasteiger charge is 2.04. The summed E-state index contributed by atoms with van der Waals surface area (Å²) in [7, 11) is 0. The lowest BCUT2D eigenvalue weighted by atomic mass is 10.1. The van der Waals surface area contributed by atoms with Crippen LogP contribution in [0.4, 0.5) is 14.5 Å². The van der Waals surface area contributed by atoms with Gasteiger partial charge in [0, 0.05) is 23.0 Å². The molecule has 1 N–H and O–H groups in total. The average molecular weight is 273 g/mol. The second-order valence-electron chi connectivity index (χ2n) is 4.33. The number of carbonyl (C=O) groups excluding carboxylic acids is 1. The molecule has 2 aromatic carbocycles. The Labute approximate surface area is 115 Å². The molecule has 0 heterocycles. The maximum Gasteiger partial charge on any atom is 0.187 e. The van der Waals surface area contributed by atoms with E-state index in [0.717, 1.165) is 0 Å². The van der Waals surface area contributed by atoms with E-state index in [4.69, 9.17) is 0 Å². The number of halogens is 2. The molecule has 2 nitrogen and oxygen atoms in total. The molecule has 0 amide bonds. The third kappa shape index (κ3) is 3.75. The molecule has 102 valence electrons. The number of hydrogen-bond donors (Lipinski definition) is 1. The van der Waals surface area contributed by atoms with Crippen LogP contribution in [0.5, 0.6) is 0 Å². The quantitative estimate of drug-likeness (QED) is 0.669. The Hall–Kier alpha value is -2.49. The van der Waals surface area contributed by atoms with Crippen molar-refractivity contribution in [1.82, 2.24) is 0 Å². The molecule has 0 saturated carbocycles. The minimum Gasteiger partial charge on any atom is -0.359 e. The van der Waals surface area contributed by atoms with Gasteiger partial charge in [0.25, 0.3) is 0 Å². The Balaban J connectivity index is 2.10. The molecule has 2 rings (SSSR count). The third-order valence-corrected chi connectivity index (χ3v) is 2.64. The lowest BCUT2D eigenvalue weighted by Gasteiger charge is -2.06. The summed E-state index contributed by atoms with van der Waals surface area (Å²) in [5.41, 5.74) is 1.53. The number of rotatable bonds is 4. The number of anilines is 1. The van der Waals surface area contributed by atoms with E-state index in [2.05, 4.69) is 5.32 Å². The van der Waals surface area contributed by atoms with Crippen LogP contribution in [-0.2, 0) is 0 Å². The first-order valence-corrected chi connectivity index (χ1v) is 6.05. The molecule has 0 radical (unpaired) electrons. The fourth-order valence-corrected chi connectivity index (χ4v) is 1.72. The van der Waals surface area contributed by atoms with E-state index < -0.39 is 0 Å². The Morgan fingerprint density at radius 2 is 1.75 bits per heavy atom. The van der Waals surface area contributed by atoms with Crippen molar-refractivity contribution in [1.29, 1.82) is 0 Å². The van der Waals surface area contributed by atoms with Crippen molar-refractivity contribution < 1.29 is 13.6 Å². The molecule has 0 saturated heterocycles. The van der Waals surface area contributed by atoms with Crippen LogP contribution in [-0.4, -0.2) is 5.78 Å². The number of allylic oxidation sites excluding steroid dienone is 2. The van der Waals surface area contributed by atoms with Crippen LogP contribution >= 0.6 is 0 Å². The van der Waals surface area contributed by atoms with Crippen molar-refractivity contribution in [3.8, 4) is 0 Å². The lowest BCUT2D eigenvalue weighted by Crippen LogP contribution is -2.01. The number of benzene rings is 2. The first kappa shape index (κ1) is 13.9. The highest BCUT2D eigenvalue weighted by Crippen LogP contribution is 2.12. The van der Waals surface area contributed by atoms with Gasteiger partial charge in [-0.05, 0) is 49.4 Å². The lowest BCUT2D eigenvalue weighted by molar-refractivity contribution is 0.104. The molecule has 0 aliphatic carbocycles. The molecular formula is C16H13F2NO. The molecule has 0 aromatic heterocycles. The topological polar surface area (TPSA) is 29.1 Å². The molecule has 0 fully saturated rings. The molecule has 0 atom stereocenters. The van der Waals surface area contributed by atoms with Gasteiger partial charge in [-0.3, -0.25) is 4.79 Å². The molecular weight excluding hydrogens is 260 g/mol. The maximum atomic E-state index is 13.0. The molecule has 0 spiro atoms. The van der Waals surface area contributed by atoms with Crippen LogP contribution in [0, 0.1) is 11.6 Å². The van der Waals surface area contributed by atoms with Crippen LogP contribution in [0.15, 0.2) is 60.3 Å². The monoisotopic (exact) mass is 273 g/mol. The van der Waals surface area contributed by atoms with E-state index in [0.29, 0.717) is 16.9 Å². The van der Waals surface area contributed by atoms with Crippen LogP contribution in [0.2, 0.25) is 0 Å². The van der Waals surface area contributed by atoms with E-state index in [9.17, 15) is 13.6 Å². The van der Waals surface area contributed by atoms with E-state index in [-0.39, 0.29) is 17.4 Å². The third-order valence-electron chi connectivity index (χ3n) is 2.64. The van der Waals surface area contributed by atoms with Crippen molar-refractivity contribution >= 4 is 11.5 Å². The molecule has 0 aliphatic heterocycles. The van der Waals surface area contributed by atoms with Gasteiger partial charge >= 0.3 is 0 Å². The fraction of sp³-hybridized carbons (Fsp3) is 0.0625. The van der Waals surface area contributed by atoms with E-state index in [1.165, 1.54) is 42.5 Å². The van der Waals surface area contributed by atoms with Gasteiger partial charge in [-0.15, -0.1) is 0 Å². The number of nitrogens with one attached hydrogen (secondary N) is 1. The summed E-state index contributed by atoms with van der Waals surface area (Å²) >= 11 is 0. The van der Waals surface area contributed by atoms with Gasteiger partial charge in [0.2, 0.25) is 0 Å². The van der Waals surface area contributed by atoms with Crippen LogP contribution < -0.4 is 5.32 Å². The van der Waals surface area contributed by atoms with Crippen LogP contribution in [0.25, 0.3) is 0 Å². The Bertz CT molecular complexity index is 648. The molecule has 20 heavy (non-hydrogen) atoms. The zero-order valence-corrected chi connectivity index (χ0v) is 10.9. The van der Waals surface area contributed by atoms with E-state index in [1.54, 1.807) is 19.1 Å². The molecule has 0 bridgehead atoms. The van der Waals surface area contributed by atoms with Crippen LogP contribution in [0.1, 0.15) is 17.3 Å². The summed E-state index contributed by atoms with van der Waals surface area (Å²) in [5.74, 6) is -0.987. The molecule has 2 aromatic rings. The average Bonchev–Trinajstić information content (AvgIpc) is 2.39. The van der Waals surface area contributed by atoms with Gasteiger partial charge in [0.05, 0.1) is 0 Å². The minimum absolute atomic E-state index is 0.244. The Morgan fingerprint density at radius 3 is 2.40 bits per heavy atom. The van der Waals surface area contributed by atoms with Crippen LogP contribution in [0.3, 0.4) is 0 Å². The highest BCUT2D eigenvalue weighted by molar-refractivity contribution is 6.05. The maximum absolute atomic E-state index is 13.0. The summed E-state index contributed by atoms with van der Waals surface area (Å²) < 4.78 is 25.8. The summed E-state index contributed by atoms with van der Waals surface area (Å²) in [6, 6.07) is 11.3. The summed E-state index contributed by atoms with van der Waals surface area (Å²) in [6.07, 6.45) is 1.39. The highest BCUT2D eigenvalue weighted by atomic mass is 19.1. The van der Waals surface area contributed by atoms with Crippen molar-refractivity contribution in [3.63, 3.8) is 0 Å². The van der Waals surface area contributed by atoms with E-state index in [1.807, 2.05) is 0 Å². The van der Waals surface area contributed by atoms with Crippen molar-refractivity contribution in [2.45, 2.75) is 6.92 Å². The summed E-state index contributed by atoms with van der Waals surface area (Å²) in [4.78, 5) is 11.9. The minimum atomic E-state index is -0.389. The number of hydrogen-bond acceptors (Lipinski definition) is 2. The van der Waals surface area contributed by atoms with Gasteiger partial charge in [0.1, 0.15) is 11.6 Å². The Morgan fingerprint density at radius 1 is 1.05 bits per heavy atom. The fourth-order valence-electron chi connectivity index (χ4n) is 1.72. The second kappa shape index (κ2) is 6.10. The van der Waals surface area contributed by atoms with Gasteiger partial charge < -0.3 is 5.32 Å². The normalized spacial score (nSPS) is 11.2. The standard InChI is InChI=1S/C16H13F2NO/c1-11(19-15-4-2-3-14(18)10-15)9-16(20)12-5-7-13(17)8-6-12/h2-10,19H,1H3. The first-order valence-electron chi connectivity index (χ1n) is 6.05. The van der Waals surface area contributed by atoms with Gasteiger partial charge in [-0.2, -0.15) is 0 Å². The predicted molar refractivity (Wildman–Crippen MR) is 74.5 cm³/mol.